The van der Waals surface area contributed by atoms with E-state index in [0.29, 0.717) is 0 Å². The summed E-state index contributed by atoms with van der Waals surface area (Å²) in [7, 11) is 0. The predicted molar refractivity (Wildman–Crippen MR) is 79.8 cm³/mol. The molecule has 1 aliphatic rings. The van der Waals surface area contributed by atoms with E-state index in [1.807, 2.05) is 0 Å². The number of hydrogen-bond acceptors (Lipinski definition) is 1. The summed E-state index contributed by atoms with van der Waals surface area (Å²) in [5, 5.41) is 9.98. The molecule has 18 heavy (non-hydrogen) atoms. The van der Waals surface area contributed by atoms with Crippen molar-refractivity contribution in [2.45, 2.75) is 96.5 Å². The zero-order valence-corrected chi connectivity index (χ0v) is 12.3. The van der Waals surface area contributed by atoms with Gasteiger partial charge in [0.05, 0.1) is 6.10 Å². The molecule has 0 aromatic heterocycles. The van der Waals surface area contributed by atoms with E-state index in [0.717, 1.165) is 12.8 Å². The highest BCUT2D eigenvalue weighted by molar-refractivity contribution is 5.12. The van der Waals surface area contributed by atoms with E-state index >= 15 is 0 Å². The van der Waals surface area contributed by atoms with Gasteiger partial charge in [-0.25, -0.2) is 0 Å². The molecule has 1 unspecified atom stereocenters. The van der Waals surface area contributed by atoms with Crippen molar-refractivity contribution in [2.24, 2.45) is 0 Å². The number of aliphatic hydroxyl groups excluding tert-OH is 1. The third-order valence-electron chi connectivity index (χ3n) is 4.09. The topological polar surface area (TPSA) is 20.2 Å². The smallest absolute Gasteiger partial charge is 0.0750 e. The van der Waals surface area contributed by atoms with E-state index in [2.05, 4.69) is 13.0 Å². The Morgan fingerprint density at radius 3 is 2.17 bits per heavy atom. The Labute approximate surface area is 114 Å². The normalized spacial score (nSPS) is 16.9. The minimum absolute atomic E-state index is 0.128. The molecule has 0 radical (unpaired) electrons. The summed E-state index contributed by atoms with van der Waals surface area (Å²) in [6.45, 7) is 2.27. The maximum Gasteiger partial charge on any atom is 0.0750 e. The summed E-state index contributed by atoms with van der Waals surface area (Å²) in [6, 6.07) is 0. The number of aliphatic hydroxyl groups is 1. The summed E-state index contributed by atoms with van der Waals surface area (Å²) in [5.41, 5.74) is 1.31. The fourth-order valence-electron chi connectivity index (χ4n) is 2.83. The average Bonchev–Trinajstić information content (AvgIpc) is 2.90. The van der Waals surface area contributed by atoms with Gasteiger partial charge in [-0.3, -0.25) is 0 Å². The highest BCUT2D eigenvalue weighted by Gasteiger charge is 2.13. The zero-order chi connectivity index (χ0) is 13.1. The van der Waals surface area contributed by atoms with Crippen molar-refractivity contribution >= 4 is 0 Å². The van der Waals surface area contributed by atoms with Gasteiger partial charge in [0.25, 0.3) is 0 Å². The summed E-state index contributed by atoms with van der Waals surface area (Å²) in [4.78, 5) is 0. The van der Waals surface area contributed by atoms with Gasteiger partial charge in [0.15, 0.2) is 0 Å². The molecule has 0 saturated heterocycles. The lowest BCUT2D eigenvalue weighted by atomic mass is 10.0. The van der Waals surface area contributed by atoms with Gasteiger partial charge < -0.3 is 5.11 Å². The minimum Gasteiger partial charge on any atom is -0.389 e. The molecule has 1 nitrogen and oxygen atoms in total. The molecule has 106 valence electrons. The molecular formula is C17H32O. The number of rotatable bonds is 11. The Hall–Kier alpha value is -0.300. The Morgan fingerprint density at radius 2 is 1.61 bits per heavy atom. The first-order chi connectivity index (χ1) is 8.84. The van der Waals surface area contributed by atoms with Crippen LogP contribution in [-0.2, 0) is 0 Å². The Bertz CT molecular complexity index is 220. The molecule has 0 amide bonds. The molecule has 0 saturated carbocycles. The lowest BCUT2D eigenvalue weighted by Gasteiger charge is -2.11. The van der Waals surface area contributed by atoms with Gasteiger partial charge in [-0.15, -0.1) is 0 Å². The Balaban J connectivity index is 1.83. The molecule has 0 heterocycles. The molecule has 0 aliphatic heterocycles. The van der Waals surface area contributed by atoms with Gasteiger partial charge in [-0.2, -0.15) is 0 Å². The zero-order valence-electron chi connectivity index (χ0n) is 12.3. The van der Waals surface area contributed by atoms with Crippen LogP contribution in [0.25, 0.3) is 0 Å². The van der Waals surface area contributed by atoms with E-state index in [1.54, 1.807) is 0 Å². The number of hydrogen-bond donors (Lipinski definition) is 1. The standard InChI is InChI=1S/C17H32O/c1-2-3-4-5-6-7-8-9-10-15-17(18)16-13-11-12-14-16/h13,17-18H,2-12,14-15H2,1H3. The number of unbranched alkanes of at least 4 members (excludes halogenated alkanes) is 8. The lowest BCUT2D eigenvalue weighted by molar-refractivity contribution is 0.193. The maximum atomic E-state index is 9.98. The van der Waals surface area contributed by atoms with Crippen molar-refractivity contribution in [3.63, 3.8) is 0 Å². The van der Waals surface area contributed by atoms with Gasteiger partial charge >= 0.3 is 0 Å². The van der Waals surface area contributed by atoms with Gasteiger partial charge in [0.1, 0.15) is 0 Å². The van der Waals surface area contributed by atoms with Crippen LogP contribution in [-0.4, -0.2) is 11.2 Å². The summed E-state index contributed by atoms with van der Waals surface area (Å²) in [6.07, 6.45) is 18.9. The second-order valence-electron chi connectivity index (χ2n) is 5.80. The summed E-state index contributed by atoms with van der Waals surface area (Å²) in [5.74, 6) is 0. The Morgan fingerprint density at radius 1 is 1.00 bits per heavy atom. The molecule has 1 aliphatic carbocycles. The van der Waals surface area contributed by atoms with E-state index in [9.17, 15) is 5.11 Å². The molecule has 1 N–H and O–H groups in total. The first-order valence-corrected chi connectivity index (χ1v) is 8.21. The van der Waals surface area contributed by atoms with Crippen molar-refractivity contribution in [3.05, 3.63) is 11.6 Å². The van der Waals surface area contributed by atoms with Crippen LogP contribution in [0.4, 0.5) is 0 Å². The third-order valence-corrected chi connectivity index (χ3v) is 4.09. The van der Waals surface area contributed by atoms with Crippen molar-refractivity contribution in [2.75, 3.05) is 0 Å². The van der Waals surface area contributed by atoms with Crippen molar-refractivity contribution in [3.8, 4) is 0 Å². The van der Waals surface area contributed by atoms with Gasteiger partial charge in [0.2, 0.25) is 0 Å². The highest BCUT2D eigenvalue weighted by Crippen LogP contribution is 2.23. The highest BCUT2D eigenvalue weighted by atomic mass is 16.3. The van der Waals surface area contributed by atoms with Crippen LogP contribution in [0.2, 0.25) is 0 Å². The van der Waals surface area contributed by atoms with Crippen LogP contribution >= 0.6 is 0 Å². The molecule has 0 fully saturated rings. The second-order valence-corrected chi connectivity index (χ2v) is 5.80. The fourth-order valence-corrected chi connectivity index (χ4v) is 2.83. The molecule has 1 rings (SSSR count). The minimum atomic E-state index is -0.128. The van der Waals surface area contributed by atoms with E-state index < -0.39 is 0 Å². The summed E-state index contributed by atoms with van der Waals surface area (Å²) >= 11 is 0. The van der Waals surface area contributed by atoms with Crippen LogP contribution in [0.15, 0.2) is 11.6 Å². The third kappa shape index (κ3) is 7.20. The molecule has 0 bridgehead atoms. The van der Waals surface area contributed by atoms with Crippen LogP contribution < -0.4 is 0 Å². The predicted octanol–water partition coefficient (Wildman–Crippen LogP) is 5.38. The van der Waals surface area contributed by atoms with Crippen LogP contribution in [0.5, 0.6) is 0 Å². The Kier molecular flexibility index (Phi) is 9.28. The van der Waals surface area contributed by atoms with Crippen LogP contribution in [0.1, 0.15) is 90.4 Å². The van der Waals surface area contributed by atoms with Crippen molar-refractivity contribution in [1.29, 1.82) is 0 Å². The van der Waals surface area contributed by atoms with Gasteiger partial charge in [0, 0.05) is 0 Å². The van der Waals surface area contributed by atoms with E-state index in [4.69, 9.17) is 0 Å². The van der Waals surface area contributed by atoms with Crippen LogP contribution in [0.3, 0.4) is 0 Å². The largest absolute Gasteiger partial charge is 0.389 e. The molecule has 1 atom stereocenters. The van der Waals surface area contributed by atoms with Crippen molar-refractivity contribution in [1.82, 2.24) is 0 Å². The van der Waals surface area contributed by atoms with Crippen LogP contribution in [0, 0.1) is 0 Å². The SMILES string of the molecule is CCCCCCCCCCCC(O)C1=CCCC1. The second kappa shape index (κ2) is 10.6. The summed E-state index contributed by atoms with van der Waals surface area (Å²) < 4.78 is 0. The quantitative estimate of drug-likeness (QED) is 0.387. The van der Waals surface area contributed by atoms with Gasteiger partial charge in [-0.1, -0.05) is 70.8 Å². The van der Waals surface area contributed by atoms with E-state index in [1.165, 1.54) is 76.2 Å². The molecule has 0 aromatic rings. The fraction of sp³-hybridized carbons (Fsp3) is 0.882. The first kappa shape index (κ1) is 15.8. The monoisotopic (exact) mass is 252 g/mol. The van der Waals surface area contributed by atoms with E-state index in [-0.39, 0.29) is 6.10 Å². The molecule has 0 aromatic carbocycles. The number of allylic oxidation sites excluding steroid dienone is 1. The molecule has 1 heteroatoms. The maximum absolute atomic E-state index is 9.98. The van der Waals surface area contributed by atoms with Gasteiger partial charge in [-0.05, 0) is 31.3 Å². The lowest BCUT2D eigenvalue weighted by Crippen LogP contribution is -2.08. The molecule has 0 spiro atoms. The molecular weight excluding hydrogens is 220 g/mol. The van der Waals surface area contributed by atoms with Crippen molar-refractivity contribution < 1.29 is 5.11 Å². The first-order valence-electron chi connectivity index (χ1n) is 8.21. The average molecular weight is 252 g/mol.